The van der Waals surface area contributed by atoms with Gasteiger partial charge in [-0.25, -0.2) is 0 Å². The van der Waals surface area contributed by atoms with E-state index < -0.39 is 0 Å². The molecule has 18 heavy (non-hydrogen) atoms. The normalized spacial score (nSPS) is 20.6. The molecule has 1 aliphatic heterocycles. The highest BCUT2D eigenvalue weighted by atomic mass is 15.1. The van der Waals surface area contributed by atoms with Crippen LogP contribution in [0, 0.1) is 11.3 Å². The standard InChI is InChI=1S/C15H29N3/c1-14(2)17-15(3,13-16)9-5-8-12-18-10-6-4-7-11-18/h14,17H,4-12H2,1-3H3. The molecule has 0 aromatic carbocycles. The maximum absolute atomic E-state index is 9.26. The van der Waals surface area contributed by atoms with Crippen LogP contribution in [0.3, 0.4) is 0 Å². The van der Waals surface area contributed by atoms with E-state index in [0.29, 0.717) is 6.04 Å². The number of likely N-dealkylation sites (tertiary alicyclic amines) is 1. The third kappa shape index (κ3) is 5.84. The predicted molar refractivity (Wildman–Crippen MR) is 76.4 cm³/mol. The van der Waals surface area contributed by atoms with Crippen molar-refractivity contribution >= 4 is 0 Å². The Morgan fingerprint density at radius 2 is 1.89 bits per heavy atom. The first kappa shape index (κ1) is 15.5. The molecule has 0 spiro atoms. The van der Waals surface area contributed by atoms with Gasteiger partial charge in [-0.15, -0.1) is 0 Å². The number of hydrogen-bond acceptors (Lipinski definition) is 3. The Morgan fingerprint density at radius 1 is 1.22 bits per heavy atom. The summed E-state index contributed by atoms with van der Waals surface area (Å²) in [6, 6.07) is 2.80. The summed E-state index contributed by atoms with van der Waals surface area (Å²) in [6.07, 6.45) is 7.45. The van der Waals surface area contributed by atoms with Crippen molar-refractivity contribution in [2.24, 2.45) is 0 Å². The van der Waals surface area contributed by atoms with Gasteiger partial charge in [-0.2, -0.15) is 5.26 Å². The monoisotopic (exact) mass is 251 g/mol. The number of piperidine rings is 1. The van der Waals surface area contributed by atoms with Crippen LogP contribution in [0.1, 0.15) is 59.3 Å². The van der Waals surface area contributed by atoms with E-state index in [1.54, 1.807) is 0 Å². The highest BCUT2D eigenvalue weighted by molar-refractivity contribution is 5.04. The number of hydrogen-bond donors (Lipinski definition) is 1. The summed E-state index contributed by atoms with van der Waals surface area (Å²) >= 11 is 0. The molecule has 1 aliphatic rings. The lowest BCUT2D eigenvalue weighted by Crippen LogP contribution is -2.45. The summed E-state index contributed by atoms with van der Waals surface area (Å²) < 4.78 is 0. The molecule has 1 heterocycles. The minimum atomic E-state index is -0.351. The quantitative estimate of drug-likeness (QED) is 0.707. The van der Waals surface area contributed by atoms with Gasteiger partial charge in [0.25, 0.3) is 0 Å². The summed E-state index contributed by atoms with van der Waals surface area (Å²) in [4.78, 5) is 2.57. The highest BCUT2D eigenvalue weighted by Crippen LogP contribution is 2.15. The van der Waals surface area contributed by atoms with Crippen molar-refractivity contribution in [2.45, 2.75) is 70.9 Å². The smallest absolute Gasteiger partial charge is 0.104 e. The highest BCUT2D eigenvalue weighted by Gasteiger charge is 2.23. The van der Waals surface area contributed by atoms with Crippen LogP contribution in [0.5, 0.6) is 0 Å². The second-order valence-corrected chi connectivity index (χ2v) is 6.10. The SMILES string of the molecule is CC(C)NC(C)(C#N)CCCCN1CCCCC1. The van der Waals surface area contributed by atoms with E-state index in [4.69, 9.17) is 0 Å². The lowest BCUT2D eigenvalue weighted by molar-refractivity contribution is 0.221. The molecule has 0 aromatic rings. The Labute approximate surface area is 113 Å². The van der Waals surface area contributed by atoms with Gasteiger partial charge in [0.05, 0.1) is 6.07 Å². The lowest BCUT2D eigenvalue weighted by atomic mass is 9.95. The molecule has 1 fully saturated rings. The Morgan fingerprint density at radius 3 is 2.44 bits per heavy atom. The summed E-state index contributed by atoms with van der Waals surface area (Å²) in [5.74, 6) is 0. The molecule has 1 unspecified atom stereocenters. The van der Waals surface area contributed by atoms with Gasteiger partial charge < -0.3 is 4.90 Å². The topological polar surface area (TPSA) is 39.1 Å². The Bertz CT molecular complexity index is 263. The van der Waals surface area contributed by atoms with Crippen LogP contribution in [-0.2, 0) is 0 Å². The zero-order valence-electron chi connectivity index (χ0n) is 12.3. The van der Waals surface area contributed by atoms with Crippen LogP contribution in [0.15, 0.2) is 0 Å². The van der Waals surface area contributed by atoms with Gasteiger partial charge in [-0.05, 0) is 72.5 Å². The van der Waals surface area contributed by atoms with Gasteiger partial charge >= 0.3 is 0 Å². The van der Waals surface area contributed by atoms with Crippen molar-refractivity contribution in [3.8, 4) is 6.07 Å². The van der Waals surface area contributed by atoms with Gasteiger partial charge in [0.15, 0.2) is 0 Å². The number of nitrogens with zero attached hydrogens (tertiary/aromatic N) is 2. The van der Waals surface area contributed by atoms with E-state index in [2.05, 4.69) is 30.1 Å². The zero-order valence-corrected chi connectivity index (χ0v) is 12.3. The van der Waals surface area contributed by atoms with Crippen LogP contribution in [-0.4, -0.2) is 36.1 Å². The molecule has 0 radical (unpaired) electrons. The van der Waals surface area contributed by atoms with Crippen molar-refractivity contribution in [1.82, 2.24) is 10.2 Å². The third-order valence-electron chi connectivity index (χ3n) is 3.70. The average Bonchev–Trinajstić information content (AvgIpc) is 2.35. The molecule has 3 nitrogen and oxygen atoms in total. The van der Waals surface area contributed by atoms with Crippen molar-refractivity contribution in [3.63, 3.8) is 0 Å². The van der Waals surface area contributed by atoms with Crippen molar-refractivity contribution in [1.29, 1.82) is 5.26 Å². The van der Waals surface area contributed by atoms with Gasteiger partial charge in [0.1, 0.15) is 5.54 Å². The molecule has 1 atom stereocenters. The van der Waals surface area contributed by atoms with E-state index in [-0.39, 0.29) is 5.54 Å². The molecule has 104 valence electrons. The van der Waals surface area contributed by atoms with Crippen molar-refractivity contribution in [2.75, 3.05) is 19.6 Å². The van der Waals surface area contributed by atoms with Crippen LogP contribution in [0.25, 0.3) is 0 Å². The predicted octanol–water partition coefficient (Wildman–Crippen LogP) is 2.92. The molecule has 0 aliphatic carbocycles. The maximum Gasteiger partial charge on any atom is 0.104 e. The molecule has 0 aromatic heterocycles. The Hall–Kier alpha value is -0.590. The first-order valence-corrected chi connectivity index (χ1v) is 7.47. The number of nitriles is 1. The van der Waals surface area contributed by atoms with Crippen LogP contribution in [0.2, 0.25) is 0 Å². The molecule has 1 rings (SSSR count). The first-order valence-electron chi connectivity index (χ1n) is 7.47. The lowest BCUT2D eigenvalue weighted by Gasteiger charge is -2.28. The zero-order chi connectivity index (χ0) is 13.4. The fraction of sp³-hybridized carbons (Fsp3) is 0.933. The second-order valence-electron chi connectivity index (χ2n) is 6.10. The molecule has 0 saturated carbocycles. The van der Waals surface area contributed by atoms with Gasteiger partial charge in [0.2, 0.25) is 0 Å². The molecule has 3 heteroatoms. The molecular weight excluding hydrogens is 222 g/mol. The van der Waals surface area contributed by atoms with Gasteiger partial charge in [-0.1, -0.05) is 6.42 Å². The van der Waals surface area contributed by atoms with E-state index in [1.165, 1.54) is 45.3 Å². The third-order valence-corrected chi connectivity index (χ3v) is 3.70. The minimum Gasteiger partial charge on any atom is -0.303 e. The van der Waals surface area contributed by atoms with E-state index >= 15 is 0 Å². The van der Waals surface area contributed by atoms with Gasteiger partial charge in [0, 0.05) is 6.04 Å². The Balaban J connectivity index is 2.17. The van der Waals surface area contributed by atoms with Crippen LogP contribution < -0.4 is 5.32 Å². The van der Waals surface area contributed by atoms with Crippen LogP contribution >= 0.6 is 0 Å². The average molecular weight is 251 g/mol. The minimum absolute atomic E-state index is 0.351. The maximum atomic E-state index is 9.26. The van der Waals surface area contributed by atoms with Crippen LogP contribution in [0.4, 0.5) is 0 Å². The van der Waals surface area contributed by atoms with Gasteiger partial charge in [-0.3, -0.25) is 5.32 Å². The summed E-state index contributed by atoms with van der Waals surface area (Å²) in [7, 11) is 0. The fourth-order valence-corrected chi connectivity index (χ4v) is 2.79. The summed E-state index contributed by atoms with van der Waals surface area (Å²) in [6.45, 7) is 9.99. The number of unbranched alkanes of at least 4 members (excludes halogenated alkanes) is 1. The second kappa shape index (κ2) is 7.76. The van der Waals surface area contributed by atoms with Crippen molar-refractivity contribution < 1.29 is 0 Å². The molecule has 1 N–H and O–H groups in total. The first-order chi connectivity index (χ1) is 8.56. The molecular formula is C15H29N3. The summed E-state index contributed by atoms with van der Waals surface area (Å²) in [5, 5.41) is 12.6. The largest absolute Gasteiger partial charge is 0.303 e. The molecule has 0 bridgehead atoms. The number of rotatable bonds is 7. The molecule has 0 amide bonds. The molecule has 1 saturated heterocycles. The van der Waals surface area contributed by atoms with Crippen molar-refractivity contribution in [3.05, 3.63) is 0 Å². The van der Waals surface area contributed by atoms with E-state index in [0.717, 1.165) is 12.8 Å². The number of nitrogens with one attached hydrogen (secondary N) is 1. The summed E-state index contributed by atoms with van der Waals surface area (Å²) in [5.41, 5.74) is -0.351. The fourth-order valence-electron chi connectivity index (χ4n) is 2.79. The Kier molecular flexibility index (Phi) is 6.67. The van der Waals surface area contributed by atoms with E-state index in [9.17, 15) is 5.26 Å². The van der Waals surface area contributed by atoms with E-state index in [1.807, 2.05) is 6.92 Å².